The van der Waals surface area contributed by atoms with Gasteiger partial charge in [-0.15, -0.1) is 11.8 Å². The van der Waals surface area contributed by atoms with Crippen LogP contribution < -0.4 is 0 Å². The third-order valence-electron chi connectivity index (χ3n) is 3.21. The SMILES string of the molecule is Cc1cccc(SCC(=O)N2CCCC2C(=O)O)c1. The summed E-state index contributed by atoms with van der Waals surface area (Å²) in [6.45, 7) is 2.57. The number of carboxylic acid groups (broad SMARTS) is 1. The quantitative estimate of drug-likeness (QED) is 0.858. The highest BCUT2D eigenvalue weighted by atomic mass is 32.2. The molecule has 2 rings (SSSR count). The number of thioether (sulfide) groups is 1. The number of aryl methyl sites for hydroxylation is 1. The fourth-order valence-electron chi connectivity index (χ4n) is 2.26. The highest BCUT2D eigenvalue weighted by Crippen LogP contribution is 2.22. The van der Waals surface area contributed by atoms with Gasteiger partial charge in [-0.05, 0) is 31.9 Å². The summed E-state index contributed by atoms with van der Waals surface area (Å²) in [5.41, 5.74) is 1.15. The lowest BCUT2D eigenvalue weighted by Gasteiger charge is -2.21. The van der Waals surface area contributed by atoms with Gasteiger partial charge >= 0.3 is 5.97 Å². The van der Waals surface area contributed by atoms with E-state index in [0.29, 0.717) is 18.7 Å². The summed E-state index contributed by atoms with van der Waals surface area (Å²) < 4.78 is 0. The van der Waals surface area contributed by atoms with Crippen molar-refractivity contribution in [2.45, 2.75) is 30.7 Å². The van der Waals surface area contributed by atoms with Crippen LogP contribution in [0.15, 0.2) is 29.2 Å². The molecule has 1 aromatic carbocycles. The first-order valence-electron chi connectivity index (χ1n) is 6.29. The van der Waals surface area contributed by atoms with Crippen molar-refractivity contribution in [3.63, 3.8) is 0 Å². The van der Waals surface area contributed by atoms with Crippen LogP contribution in [-0.2, 0) is 9.59 Å². The number of nitrogens with zero attached hydrogens (tertiary/aromatic N) is 1. The zero-order chi connectivity index (χ0) is 13.8. The van der Waals surface area contributed by atoms with Crippen LogP contribution in [0.5, 0.6) is 0 Å². The third kappa shape index (κ3) is 3.50. The second-order valence-electron chi connectivity index (χ2n) is 4.69. The number of hydrogen-bond acceptors (Lipinski definition) is 3. The van der Waals surface area contributed by atoms with Crippen LogP contribution in [-0.4, -0.2) is 40.2 Å². The molecule has 1 N–H and O–H groups in total. The van der Waals surface area contributed by atoms with E-state index in [1.165, 1.54) is 16.7 Å². The first kappa shape index (κ1) is 13.9. The number of likely N-dealkylation sites (tertiary alicyclic amines) is 1. The number of benzene rings is 1. The zero-order valence-corrected chi connectivity index (χ0v) is 11.7. The lowest BCUT2D eigenvalue weighted by molar-refractivity contribution is -0.147. The van der Waals surface area contributed by atoms with Crippen molar-refractivity contribution in [3.05, 3.63) is 29.8 Å². The molecule has 0 aromatic heterocycles. The maximum Gasteiger partial charge on any atom is 0.326 e. The predicted molar refractivity (Wildman–Crippen MR) is 74.3 cm³/mol. The minimum absolute atomic E-state index is 0.0867. The van der Waals surface area contributed by atoms with Gasteiger partial charge in [0.2, 0.25) is 5.91 Å². The van der Waals surface area contributed by atoms with Gasteiger partial charge in [-0.1, -0.05) is 17.7 Å². The Morgan fingerprint density at radius 2 is 2.26 bits per heavy atom. The molecule has 19 heavy (non-hydrogen) atoms. The van der Waals surface area contributed by atoms with E-state index in [1.807, 2.05) is 31.2 Å². The van der Waals surface area contributed by atoms with Gasteiger partial charge in [0, 0.05) is 11.4 Å². The van der Waals surface area contributed by atoms with E-state index in [2.05, 4.69) is 0 Å². The molecule has 1 fully saturated rings. The molecule has 1 amide bonds. The van der Waals surface area contributed by atoms with E-state index in [-0.39, 0.29) is 5.91 Å². The van der Waals surface area contributed by atoms with Crippen LogP contribution in [0.4, 0.5) is 0 Å². The average molecular weight is 279 g/mol. The normalized spacial score (nSPS) is 18.6. The molecule has 1 saturated heterocycles. The summed E-state index contributed by atoms with van der Waals surface area (Å²) in [6.07, 6.45) is 1.34. The molecule has 0 saturated carbocycles. The van der Waals surface area contributed by atoms with Crippen LogP contribution in [0.1, 0.15) is 18.4 Å². The zero-order valence-electron chi connectivity index (χ0n) is 10.8. The van der Waals surface area contributed by atoms with Crippen molar-refractivity contribution >= 4 is 23.6 Å². The summed E-state index contributed by atoms with van der Waals surface area (Å²) in [5, 5.41) is 9.05. The van der Waals surface area contributed by atoms with Crippen LogP contribution in [0.2, 0.25) is 0 Å². The Hall–Kier alpha value is -1.49. The summed E-state index contributed by atoms with van der Waals surface area (Å²) in [5.74, 6) is -0.685. The Morgan fingerprint density at radius 3 is 2.95 bits per heavy atom. The smallest absolute Gasteiger partial charge is 0.326 e. The molecular formula is C14H17NO3S. The van der Waals surface area contributed by atoms with Crippen LogP contribution in [0.25, 0.3) is 0 Å². The van der Waals surface area contributed by atoms with Gasteiger partial charge in [0.15, 0.2) is 0 Å². The molecule has 0 radical (unpaired) electrons. The first-order valence-corrected chi connectivity index (χ1v) is 7.28. The highest BCUT2D eigenvalue weighted by Gasteiger charge is 2.33. The van der Waals surface area contributed by atoms with E-state index < -0.39 is 12.0 Å². The lowest BCUT2D eigenvalue weighted by atomic mass is 10.2. The lowest BCUT2D eigenvalue weighted by Crippen LogP contribution is -2.41. The molecule has 0 aliphatic carbocycles. The van der Waals surface area contributed by atoms with Crippen LogP contribution in [0.3, 0.4) is 0 Å². The fourth-order valence-corrected chi connectivity index (χ4v) is 3.16. The minimum Gasteiger partial charge on any atom is -0.480 e. The Kier molecular flexibility index (Phi) is 4.47. The van der Waals surface area contributed by atoms with E-state index >= 15 is 0 Å². The number of carbonyl (C=O) groups excluding carboxylic acids is 1. The molecule has 1 unspecified atom stereocenters. The van der Waals surface area contributed by atoms with Crippen LogP contribution >= 0.6 is 11.8 Å². The molecule has 5 heteroatoms. The Morgan fingerprint density at radius 1 is 1.47 bits per heavy atom. The molecule has 1 aromatic rings. The number of rotatable bonds is 4. The molecule has 102 valence electrons. The van der Waals surface area contributed by atoms with Gasteiger partial charge in [0.05, 0.1) is 5.75 Å². The summed E-state index contributed by atoms with van der Waals surface area (Å²) in [7, 11) is 0. The van der Waals surface area contributed by atoms with Gasteiger partial charge in [0.25, 0.3) is 0 Å². The maximum absolute atomic E-state index is 12.1. The Labute approximate surface area is 116 Å². The number of amides is 1. The predicted octanol–water partition coefficient (Wildman–Crippen LogP) is 2.16. The number of carbonyl (C=O) groups is 2. The number of carboxylic acids is 1. The monoisotopic (exact) mass is 279 g/mol. The molecule has 0 spiro atoms. The van der Waals surface area contributed by atoms with Crippen LogP contribution in [0, 0.1) is 6.92 Å². The fraction of sp³-hybridized carbons (Fsp3) is 0.429. The van der Waals surface area contributed by atoms with Gasteiger partial charge in [-0.2, -0.15) is 0 Å². The van der Waals surface area contributed by atoms with Crippen molar-refractivity contribution in [2.75, 3.05) is 12.3 Å². The molecule has 0 bridgehead atoms. The first-order chi connectivity index (χ1) is 9.08. The number of aliphatic carboxylic acids is 1. The molecule has 1 aliphatic rings. The third-order valence-corrected chi connectivity index (χ3v) is 4.19. The molecule has 1 atom stereocenters. The number of hydrogen-bond donors (Lipinski definition) is 1. The largest absolute Gasteiger partial charge is 0.480 e. The molecule has 1 aliphatic heterocycles. The Balaban J connectivity index is 1.92. The second kappa shape index (κ2) is 6.10. The van der Waals surface area contributed by atoms with Gasteiger partial charge in [-0.3, -0.25) is 4.79 Å². The molecule has 1 heterocycles. The standard InChI is InChI=1S/C14H17NO3S/c1-10-4-2-5-11(8-10)19-9-13(16)15-7-3-6-12(15)14(17)18/h2,4-5,8,12H,3,6-7,9H2,1H3,(H,17,18). The minimum atomic E-state index is -0.897. The topological polar surface area (TPSA) is 57.6 Å². The summed E-state index contributed by atoms with van der Waals surface area (Å²) >= 11 is 1.46. The Bertz CT molecular complexity index is 489. The molecule has 4 nitrogen and oxygen atoms in total. The maximum atomic E-state index is 12.1. The van der Waals surface area contributed by atoms with E-state index in [1.54, 1.807) is 0 Å². The van der Waals surface area contributed by atoms with Crippen molar-refractivity contribution < 1.29 is 14.7 Å². The van der Waals surface area contributed by atoms with Crippen molar-refractivity contribution in [3.8, 4) is 0 Å². The van der Waals surface area contributed by atoms with E-state index in [9.17, 15) is 9.59 Å². The van der Waals surface area contributed by atoms with Crippen molar-refractivity contribution in [1.29, 1.82) is 0 Å². The van der Waals surface area contributed by atoms with Gasteiger partial charge < -0.3 is 10.0 Å². The second-order valence-corrected chi connectivity index (χ2v) is 5.74. The summed E-state index contributed by atoms with van der Waals surface area (Å²) in [4.78, 5) is 25.6. The summed E-state index contributed by atoms with van der Waals surface area (Å²) in [6, 6.07) is 7.32. The van der Waals surface area contributed by atoms with Gasteiger partial charge in [0.1, 0.15) is 6.04 Å². The van der Waals surface area contributed by atoms with E-state index in [4.69, 9.17) is 5.11 Å². The molecular weight excluding hydrogens is 262 g/mol. The van der Waals surface area contributed by atoms with Gasteiger partial charge in [-0.25, -0.2) is 4.79 Å². The van der Waals surface area contributed by atoms with E-state index in [0.717, 1.165) is 16.9 Å². The highest BCUT2D eigenvalue weighted by molar-refractivity contribution is 8.00. The van der Waals surface area contributed by atoms with Crippen molar-refractivity contribution in [2.24, 2.45) is 0 Å². The van der Waals surface area contributed by atoms with Crippen molar-refractivity contribution in [1.82, 2.24) is 4.90 Å². The average Bonchev–Trinajstić information content (AvgIpc) is 2.85.